The van der Waals surface area contributed by atoms with Crippen LogP contribution in [0.2, 0.25) is 0 Å². The molecule has 0 amide bonds. The van der Waals surface area contributed by atoms with E-state index in [1.807, 2.05) is 6.92 Å². The summed E-state index contributed by atoms with van der Waals surface area (Å²) in [6.45, 7) is 2.74. The van der Waals surface area contributed by atoms with Gasteiger partial charge in [-0.05, 0) is 20.0 Å². The van der Waals surface area contributed by atoms with Crippen LogP contribution in [0.25, 0.3) is 0 Å². The van der Waals surface area contributed by atoms with Crippen molar-refractivity contribution in [3.05, 3.63) is 18.2 Å². The molecule has 1 aromatic carbocycles. The number of hydrogen-bond donors (Lipinski definition) is 3. The van der Waals surface area contributed by atoms with Crippen molar-refractivity contribution in [1.82, 2.24) is 4.72 Å². The summed E-state index contributed by atoms with van der Waals surface area (Å²) in [7, 11) is -1.80. The maximum Gasteiger partial charge on any atom is 0.213 e. The molecule has 0 saturated carbocycles. The fraction of sp³-hybridized carbons (Fsp3) is 0.455. The monoisotopic (exact) mass is 273 g/mol. The number of rotatable bonds is 7. The molecule has 4 N–H and O–H groups in total. The van der Waals surface area contributed by atoms with Crippen molar-refractivity contribution in [2.75, 3.05) is 37.0 Å². The Morgan fingerprint density at radius 2 is 2.06 bits per heavy atom. The van der Waals surface area contributed by atoms with Crippen LogP contribution in [-0.4, -0.2) is 34.4 Å². The van der Waals surface area contributed by atoms with Gasteiger partial charge in [-0.25, -0.2) is 13.1 Å². The number of anilines is 2. The summed E-state index contributed by atoms with van der Waals surface area (Å²) in [6.07, 6.45) is 0. The predicted molar refractivity (Wildman–Crippen MR) is 73.4 cm³/mol. The maximum atomic E-state index is 11.2. The molecule has 0 bridgehead atoms. The molecule has 0 unspecified atom stereocenters. The van der Waals surface area contributed by atoms with Crippen LogP contribution in [0.15, 0.2) is 18.2 Å². The highest BCUT2D eigenvalue weighted by molar-refractivity contribution is 7.89. The third-order valence-electron chi connectivity index (χ3n) is 2.25. The lowest BCUT2D eigenvalue weighted by Crippen LogP contribution is -2.26. The highest BCUT2D eigenvalue weighted by Gasteiger charge is 2.06. The molecule has 18 heavy (non-hydrogen) atoms. The fourth-order valence-electron chi connectivity index (χ4n) is 1.41. The number of ether oxygens (including phenoxy) is 1. The second kappa shape index (κ2) is 6.46. The highest BCUT2D eigenvalue weighted by atomic mass is 32.2. The quantitative estimate of drug-likeness (QED) is 0.634. The van der Waals surface area contributed by atoms with Crippen molar-refractivity contribution >= 4 is 21.4 Å². The summed E-state index contributed by atoms with van der Waals surface area (Å²) in [4.78, 5) is 0. The third kappa shape index (κ3) is 4.80. The van der Waals surface area contributed by atoms with Crippen molar-refractivity contribution in [3.63, 3.8) is 0 Å². The van der Waals surface area contributed by atoms with E-state index in [4.69, 9.17) is 10.5 Å². The predicted octanol–water partition coefficient (Wildman–Crippen LogP) is 0.629. The van der Waals surface area contributed by atoms with E-state index in [1.54, 1.807) is 18.2 Å². The molecule has 102 valence electrons. The lowest BCUT2D eigenvalue weighted by atomic mass is 10.2. The minimum Gasteiger partial charge on any atom is -0.494 e. The van der Waals surface area contributed by atoms with Gasteiger partial charge in [-0.15, -0.1) is 0 Å². The number of sulfonamides is 1. The second-order valence-corrected chi connectivity index (χ2v) is 5.72. The lowest BCUT2D eigenvalue weighted by molar-refractivity contribution is 0.340. The van der Waals surface area contributed by atoms with Gasteiger partial charge in [-0.2, -0.15) is 0 Å². The molecule has 0 atom stereocenters. The molecule has 0 heterocycles. The molecule has 0 aliphatic rings. The number of nitrogens with one attached hydrogen (secondary N) is 2. The SMILES string of the molecule is CCOc1cc(N)cc(NCCS(=O)(=O)NC)c1. The van der Waals surface area contributed by atoms with Crippen molar-refractivity contribution in [2.45, 2.75) is 6.92 Å². The Morgan fingerprint density at radius 3 is 2.67 bits per heavy atom. The number of benzene rings is 1. The lowest BCUT2D eigenvalue weighted by Gasteiger charge is -2.10. The van der Waals surface area contributed by atoms with Gasteiger partial charge in [0, 0.05) is 30.1 Å². The van der Waals surface area contributed by atoms with E-state index in [0.29, 0.717) is 24.6 Å². The van der Waals surface area contributed by atoms with E-state index in [9.17, 15) is 8.42 Å². The van der Waals surface area contributed by atoms with E-state index >= 15 is 0 Å². The Bertz CT molecular complexity index is 488. The van der Waals surface area contributed by atoms with Crippen LogP contribution >= 0.6 is 0 Å². The molecular weight excluding hydrogens is 254 g/mol. The number of nitrogens with two attached hydrogens (primary N) is 1. The maximum absolute atomic E-state index is 11.2. The first kappa shape index (κ1) is 14.6. The minimum atomic E-state index is -3.20. The molecule has 0 fully saturated rings. The molecule has 1 aromatic rings. The van der Waals surface area contributed by atoms with Gasteiger partial charge in [0.1, 0.15) is 5.75 Å². The molecular formula is C11H19N3O3S. The van der Waals surface area contributed by atoms with Crippen LogP contribution in [0.4, 0.5) is 11.4 Å². The Labute approximate surface area is 108 Å². The Balaban J connectivity index is 2.62. The van der Waals surface area contributed by atoms with Crippen molar-refractivity contribution in [1.29, 1.82) is 0 Å². The van der Waals surface area contributed by atoms with Gasteiger partial charge in [0.25, 0.3) is 0 Å². The molecule has 6 nitrogen and oxygen atoms in total. The zero-order valence-electron chi connectivity index (χ0n) is 10.6. The second-order valence-electron chi connectivity index (χ2n) is 3.67. The molecule has 0 saturated heterocycles. The van der Waals surface area contributed by atoms with Crippen molar-refractivity contribution in [3.8, 4) is 5.75 Å². The molecule has 1 rings (SSSR count). The van der Waals surface area contributed by atoms with Gasteiger partial charge in [-0.1, -0.05) is 0 Å². The van der Waals surface area contributed by atoms with E-state index in [1.165, 1.54) is 7.05 Å². The van der Waals surface area contributed by atoms with Gasteiger partial charge in [-0.3, -0.25) is 0 Å². The van der Waals surface area contributed by atoms with Crippen LogP contribution in [0.5, 0.6) is 5.75 Å². The zero-order chi connectivity index (χ0) is 13.6. The van der Waals surface area contributed by atoms with Crippen LogP contribution < -0.4 is 20.5 Å². The summed E-state index contributed by atoms with van der Waals surface area (Å²) >= 11 is 0. The smallest absolute Gasteiger partial charge is 0.213 e. The summed E-state index contributed by atoms with van der Waals surface area (Å²) < 4.78 is 30.0. The largest absolute Gasteiger partial charge is 0.494 e. The molecule has 0 radical (unpaired) electrons. The zero-order valence-corrected chi connectivity index (χ0v) is 11.4. The molecule has 0 aromatic heterocycles. The van der Waals surface area contributed by atoms with Crippen LogP contribution in [0.1, 0.15) is 6.92 Å². The third-order valence-corrected chi connectivity index (χ3v) is 3.61. The first-order valence-electron chi connectivity index (χ1n) is 5.65. The van der Waals surface area contributed by atoms with E-state index < -0.39 is 10.0 Å². The van der Waals surface area contributed by atoms with Gasteiger partial charge in [0.15, 0.2) is 0 Å². The van der Waals surface area contributed by atoms with Crippen molar-refractivity contribution < 1.29 is 13.2 Å². The molecule has 0 spiro atoms. The average molecular weight is 273 g/mol. The van der Waals surface area contributed by atoms with E-state index in [2.05, 4.69) is 10.0 Å². The van der Waals surface area contributed by atoms with E-state index in [0.717, 1.165) is 5.69 Å². The topological polar surface area (TPSA) is 93.4 Å². The minimum absolute atomic E-state index is 0.00225. The van der Waals surface area contributed by atoms with Crippen LogP contribution in [0, 0.1) is 0 Å². The highest BCUT2D eigenvalue weighted by Crippen LogP contribution is 2.22. The van der Waals surface area contributed by atoms with Crippen molar-refractivity contribution in [2.24, 2.45) is 0 Å². The summed E-state index contributed by atoms with van der Waals surface area (Å²) in [5.74, 6) is 0.666. The number of hydrogen-bond acceptors (Lipinski definition) is 5. The normalized spacial score (nSPS) is 11.2. The van der Waals surface area contributed by atoms with Gasteiger partial charge in [0.05, 0.1) is 12.4 Å². The van der Waals surface area contributed by atoms with Gasteiger partial charge >= 0.3 is 0 Å². The Hall–Kier alpha value is -1.47. The summed E-state index contributed by atoms with van der Waals surface area (Å²) in [6, 6.07) is 5.24. The van der Waals surface area contributed by atoms with Gasteiger partial charge in [0.2, 0.25) is 10.0 Å². The summed E-state index contributed by atoms with van der Waals surface area (Å²) in [5.41, 5.74) is 7.03. The molecule has 0 aliphatic carbocycles. The van der Waals surface area contributed by atoms with Crippen LogP contribution in [0.3, 0.4) is 0 Å². The first-order valence-corrected chi connectivity index (χ1v) is 7.30. The first-order chi connectivity index (χ1) is 8.46. The number of nitrogen functional groups attached to an aromatic ring is 1. The fourth-order valence-corrected chi connectivity index (χ4v) is 1.98. The Kier molecular flexibility index (Phi) is 5.24. The molecule has 0 aliphatic heterocycles. The summed E-state index contributed by atoms with van der Waals surface area (Å²) in [5, 5.41) is 3.00. The van der Waals surface area contributed by atoms with Crippen LogP contribution in [-0.2, 0) is 10.0 Å². The average Bonchev–Trinajstić information content (AvgIpc) is 2.28. The molecule has 7 heteroatoms. The standard InChI is InChI=1S/C11H19N3O3S/c1-3-17-11-7-9(12)6-10(8-11)14-4-5-18(15,16)13-2/h6-8,13-14H,3-5,12H2,1-2H3. The van der Waals surface area contributed by atoms with Gasteiger partial charge < -0.3 is 15.8 Å². The Morgan fingerprint density at radius 1 is 1.33 bits per heavy atom. The van der Waals surface area contributed by atoms with E-state index in [-0.39, 0.29) is 5.75 Å².